The van der Waals surface area contributed by atoms with Crippen molar-refractivity contribution in [3.05, 3.63) is 0 Å². The van der Waals surface area contributed by atoms with Crippen LogP contribution >= 0.6 is 0 Å². The molecular formula is C60H119N3O5S. The molecule has 0 aromatic carbocycles. The molecule has 410 valence electrons. The highest BCUT2D eigenvalue weighted by molar-refractivity contribution is 7.91. The van der Waals surface area contributed by atoms with E-state index in [2.05, 4.69) is 57.8 Å². The van der Waals surface area contributed by atoms with Gasteiger partial charge in [0.1, 0.15) is 9.92 Å². The first-order valence-corrected chi connectivity index (χ1v) is 32.3. The first-order chi connectivity index (χ1) is 33.7. The molecule has 69 heavy (non-hydrogen) atoms. The lowest BCUT2D eigenvalue weighted by Crippen LogP contribution is -2.46. The third-order valence-electron chi connectivity index (χ3n) is 15.3. The lowest BCUT2D eigenvalue weighted by Gasteiger charge is -2.39. The highest BCUT2D eigenvalue weighted by atomic mass is 32.2. The fraction of sp³-hybridized carbons (Fsp3) is 0.967. The second-order valence-corrected chi connectivity index (χ2v) is 24.3. The average molecular weight is 995 g/mol. The van der Waals surface area contributed by atoms with Crippen molar-refractivity contribution in [1.82, 2.24) is 9.21 Å². The molecule has 0 amide bonds. The third-order valence-corrected chi connectivity index (χ3v) is 18.0. The number of likely N-dealkylation sites (tertiary alicyclic amines) is 1. The minimum atomic E-state index is -2.50. The van der Waals surface area contributed by atoms with Gasteiger partial charge in [-0.15, -0.1) is 0 Å². The van der Waals surface area contributed by atoms with E-state index in [4.69, 9.17) is 13.8 Å². The van der Waals surface area contributed by atoms with Crippen molar-refractivity contribution in [2.75, 3.05) is 52.2 Å². The van der Waals surface area contributed by atoms with E-state index in [1.807, 2.05) is 0 Å². The molecule has 0 saturated carbocycles. The molecule has 1 aliphatic heterocycles. The Morgan fingerprint density at radius 3 is 1.30 bits per heavy atom. The van der Waals surface area contributed by atoms with Crippen LogP contribution in [0.15, 0.2) is 4.36 Å². The Morgan fingerprint density at radius 1 is 0.507 bits per heavy atom. The number of carbonyl (C=O) groups is 2. The summed E-state index contributed by atoms with van der Waals surface area (Å²) in [6, 6.07) is 0.290. The van der Waals surface area contributed by atoms with Gasteiger partial charge in [0.2, 0.25) is 0 Å². The summed E-state index contributed by atoms with van der Waals surface area (Å²) in [5, 5.41) is 0. The highest BCUT2D eigenvalue weighted by Gasteiger charge is 2.31. The topological polar surface area (TPSA) is 88.5 Å². The van der Waals surface area contributed by atoms with Crippen molar-refractivity contribution >= 4 is 21.9 Å². The molecule has 1 saturated heterocycles. The summed E-state index contributed by atoms with van der Waals surface area (Å²) < 4.78 is 34.6. The van der Waals surface area contributed by atoms with E-state index in [0.29, 0.717) is 56.1 Å². The fourth-order valence-electron chi connectivity index (χ4n) is 10.6. The van der Waals surface area contributed by atoms with Gasteiger partial charge < -0.3 is 14.4 Å². The normalized spacial score (nSPS) is 15.8. The summed E-state index contributed by atoms with van der Waals surface area (Å²) in [5.41, 5.74) is 0. The number of piperidine rings is 1. The van der Waals surface area contributed by atoms with Crippen molar-refractivity contribution < 1.29 is 23.3 Å². The maximum Gasteiger partial charge on any atom is 0.305 e. The molecule has 0 aliphatic carbocycles. The Bertz CT molecular complexity index is 1230. The predicted octanol–water partition coefficient (Wildman–Crippen LogP) is 17.6. The molecular weight excluding hydrogens is 875 g/mol. The Balaban J connectivity index is 2.83. The second kappa shape index (κ2) is 46.6. The van der Waals surface area contributed by atoms with Crippen molar-refractivity contribution in [3.8, 4) is 0 Å². The van der Waals surface area contributed by atoms with Crippen molar-refractivity contribution in [2.24, 2.45) is 22.1 Å². The van der Waals surface area contributed by atoms with Crippen LogP contribution in [0.2, 0.25) is 0 Å². The lowest BCUT2D eigenvalue weighted by molar-refractivity contribution is -0.146. The monoisotopic (exact) mass is 994 g/mol. The van der Waals surface area contributed by atoms with Gasteiger partial charge in [0.15, 0.2) is 0 Å². The summed E-state index contributed by atoms with van der Waals surface area (Å²) in [7, 11) is -0.259. The van der Waals surface area contributed by atoms with Crippen LogP contribution in [0.4, 0.5) is 0 Å². The molecule has 9 heteroatoms. The third kappa shape index (κ3) is 36.4. The van der Waals surface area contributed by atoms with Crippen LogP contribution < -0.4 is 0 Å². The predicted molar refractivity (Wildman–Crippen MR) is 299 cm³/mol. The molecule has 0 spiro atoms. The fourth-order valence-corrected chi connectivity index (χ4v) is 13.2. The number of carbonyl (C=O) groups excluding carboxylic acids is 2. The number of nitrogens with zero attached hydrogens (tertiary/aromatic N) is 3. The van der Waals surface area contributed by atoms with Gasteiger partial charge in [0.05, 0.1) is 13.2 Å². The number of ether oxygens (including phenoxy) is 2. The van der Waals surface area contributed by atoms with E-state index >= 15 is 4.21 Å². The van der Waals surface area contributed by atoms with E-state index in [1.54, 1.807) is 0 Å². The molecule has 1 rings (SSSR count). The van der Waals surface area contributed by atoms with E-state index in [0.717, 1.165) is 96.7 Å². The molecule has 3 unspecified atom stereocenters. The number of hydrogen-bond donors (Lipinski definition) is 0. The van der Waals surface area contributed by atoms with Gasteiger partial charge >= 0.3 is 11.9 Å². The SMILES string of the molecule is CCCCCCCCS(=O)(=NCC)N(CC1CCN(C)CC1)C(CCCCCCCCC(=O)OCC(CCCC)CCCCCC)CCCCCCCCC(=O)OCC(CCCC)CCCCCC. The zero-order valence-corrected chi connectivity index (χ0v) is 48.2. The van der Waals surface area contributed by atoms with Gasteiger partial charge in [0.25, 0.3) is 0 Å². The quantitative estimate of drug-likeness (QED) is 0.0446. The van der Waals surface area contributed by atoms with E-state index in [9.17, 15) is 9.59 Å². The Morgan fingerprint density at radius 2 is 0.870 bits per heavy atom. The van der Waals surface area contributed by atoms with Crippen LogP contribution in [0.3, 0.4) is 0 Å². The number of rotatable bonds is 50. The van der Waals surface area contributed by atoms with Gasteiger partial charge in [-0.3, -0.25) is 9.59 Å². The molecule has 3 atom stereocenters. The summed E-state index contributed by atoms with van der Waals surface area (Å²) >= 11 is 0. The van der Waals surface area contributed by atoms with Crippen LogP contribution in [-0.4, -0.2) is 83.6 Å². The Labute approximate surface area is 431 Å². The van der Waals surface area contributed by atoms with Crippen molar-refractivity contribution in [1.29, 1.82) is 0 Å². The van der Waals surface area contributed by atoms with Gasteiger partial charge in [0, 0.05) is 37.7 Å². The molecule has 0 aromatic rings. The Kier molecular flexibility index (Phi) is 44.4. The highest BCUT2D eigenvalue weighted by Crippen LogP contribution is 2.29. The van der Waals surface area contributed by atoms with Crippen LogP contribution in [0.1, 0.15) is 298 Å². The van der Waals surface area contributed by atoms with Crippen LogP contribution in [0.5, 0.6) is 0 Å². The second-order valence-electron chi connectivity index (χ2n) is 21.9. The summed E-state index contributed by atoms with van der Waals surface area (Å²) in [6.07, 6.45) is 46.0. The molecule has 0 N–H and O–H groups in total. The van der Waals surface area contributed by atoms with E-state index < -0.39 is 9.92 Å². The Hall–Kier alpha value is -1.19. The van der Waals surface area contributed by atoms with Gasteiger partial charge in [-0.25, -0.2) is 12.9 Å². The van der Waals surface area contributed by atoms with Crippen molar-refractivity contribution in [3.63, 3.8) is 0 Å². The molecule has 1 heterocycles. The molecule has 1 fully saturated rings. The standard InChI is InChI=1S/C60H119N3O5S/c1-8-14-19-22-31-38-51-69(66,61-13-6)63(52-55-47-49-62(7)50-48-55)58(43-34-27-23-25-29-36-45-59(64)67-53-56(39-17-11-4)41-32-20-15-9-2)44-35-28-24-26-30-37-46-60(65)68-54-57(40-18-12-5)42-33-21-16-10-3/h55-58H,8-54H2,1-7H3. The molecule has 0 bridgehead atoms. The average Bonchev–Trinajstić information content (AvgIpc) is 3.34. The minimum Gasteiger partial charge on any atom is -0.465 e. The summed E-state index contributed by atoms with van der Waals surface area (Å²) in [4.78, 5) is 27.9. The van der Waals surface area contributed by atoms with E-state index in [-0.39, 0.29) is 18.0 Å². The first-order valence-electron chi connectivity index (χ1n) is 30.6. The van der Waals surface area contributed by atoms with Gasteiger partial charge in [-0.1, -0.05) is 208 Å². The van der Waals surface area contributed by atoms with Crippen LogP contribution in [-0.2, 0) is 29.0 Å². The molecule has 1 aliphatic rings. The van der Waals surface area contributed by atoms with Crippen LogP contribution in [0.25, 0.3) is 0 Å². The molecule has 8 nitrogen and oxygen atoms in total. The first kappa shape index (κ1) is 65.8. The van der Waals surface area contributed by atoms with Crippen LogP contribution in [0, 0.1) is 17.8 Å². The largest absolute Gasteiger partial charge is 0.465 e. The smallest absolute Gasteiger partial charge is 0.305 e. The lowest BCUT2D eigenvalue weighted by atomic mass is 9.95. The molecule has 0 radical (unpaired) electrons. The number of hydrogen-bond acceptors (Lipinski definition) is 7. The van der Waals surface area contributed by atoms with Crippen molar-refractivity contribution in [2.45, 2.75) is 304 Å². The van der Waals surface area contributed by atoms with Gasteiger partial charge in [-0.2, -0.15) is 0 Å². The maximum atomic E-state index is 15.4. The van der Waals surface area contributed by atoms with E-state index in [1.165, 1.54) is 167 Å². The number of esters is 2. The summed E-state index contributed by atoms with van der Waals surface area (Å²) in [5.74, 6) is 2.30. The zero-order chi connectivity index (χ0) is 50.5. The minimum absolute atomic E-state index is 0.00536. The summed E-state index contributed by atoms with van der Waals surface area (Å²) in [6.45, 7) is 18.4. The molecule has 0 aromatic heterocycles. The van der Waals surface area contributed by atoms with Gasteiger partial charge in [-0.05, 0) is 115 Å². The number of unbranched alkanes of at least 4 members (excludes halogenated alkanes) is 23. The zero-order valence-electron chi connectivity index (χ0n) is 47.3. The maximum absolute atomic E-state index is 15.4.